The van der Waals surface area contributed by atoms with Crippen molar-refractivity contribution in [2.75, 3.05) is 0 Å². The van der Waals surface area contributed by atoms with Crippen LogP contribution in [0.4, 0.5) is 0 Å². The number of furan rings is 1. The van der Waals surface area contributed by atoms with Crippen LogP contribution >= 0.6 is 47.8 Å². The zero-order valence-corrected chi connectivity index (χ0v) is 19.0. The molecular formula is C20H12Br3N3O2. The fourth-order valence-corrected chi connectivity index (χ4v) is 4.49. The van der Waals surface area contributed by atoms with Crippen LogP contribution in [-0.2, 0) is 0 Å². The van der Waals surface area contributed by atoms with E-state index >= 15 is 0 Å². The average molecular weight is 566 g/mol. The van der Waals surface area contributed by atoms with E-state index in [-0.39, 0.29) is 5.76 Å². The van der Waals surface area contributed by atoms with Gasteiger partial charge in [-0.15, -0.1) is 0 Å². The number of amides is 1. The Morgan fingerprint density at radius 1 is 1.04 bits per heavy atom. The minimum absolute atomic E-state index is 0.188. The third kappa shape index (κ3) is 3.99. The van der Waals surface area contributed by atoms with Crippen molar-refractivity contribution in [1.82, 2.24) is 9.99 Å². The van der Waals surface area contributed by atoms with Crippen molar-refractivity contribution >= 4 is 70.9 Å². The maximum absolute atomic E-state index is 12.4. The molecule has 0 saturated heterocycles. The van der Waals surface area contributed by atoms with Gasteiger partial charge in [-0.2, -0.15) is 5.10 Å². The summed E-state index contributed by atoms with van der Waals surface area (Å²) in [6.45, 7) is 0. The van der Waals surface area contributed by atoms with Gasteiger partial charge in [0, 0.05) is 26.2 Å². The molecule has 2 aromatic heterocycles. The molecule has 28 heavy (non-hydrogen) atoms. The molecule has 8 heteroatoms. The summed E-state index contributed by atoms with van der Waals surface area (Å²) in [4.78, 5) is 12.4. The van der Waals surface area contributed by atoms with Crippen molar-refractivity contribution in [2.24, 2.45) is 5.10 Å². The molecule has 0 saturated carbocycles. The van der Waals surface area contributed by atoms with E-state index in [4.69, 9.17) is 4.42 Å². The summed E-state index contributed by atoms with van der Waals surface area (Å²) >= 11 is 10.3. The minimum atomic E-state index is -0.420. The first-order valence-electron chi connectivity index (χ1n) is 8.16. The summed E-state index contributed by atoms with van der Waals surface area (Å²) in [5.74, 6) is -0.232. The molecule has 4 rings (SSSR count). The topological polar surface area (TPSA) is 59.5 Å². The molecule has 2 heterocycles. The zero-order valence-electron chi connectivity index (χ0n) is 14.2. The highest BCUT2D eigenvalue weighted by Gasteiger charge is 2.14. The highest BCUT2D eigenvalue weighted by Crippen LogP contribution is 2.31. The van der Waals surface area contributed by atoms with E-state index in [1.54, 1.807) is 12.3 Å². The summed E-state index contributed by atoms with van der Waals surface area (Å²) in [5.41, 5.74) is 4.94. The zero-order chi connectivity index (χ0) is 19.7. The number of carbonyl (C=O) groups excluding carboxylic acids is 1. The number of aromatic nitrogens is 1. The second kappa shape index (κ2) is 8.06. The van der Waals surface area contributed by atoms with Gasteiger partial charge in [0.1, 0.15) is 5.58 Å². The number of nitrogens with one attached hydrogen (secondary N) is 1. The van der Waals surface area contributed by atoms with Gasteiger partial charge in [-0.3, -0.25) is 4.79 Å². The number of carbonyl (C=O) groups is 1. The quantitative estimate of drug-likeness (QED) is 0.234. The highest BCUT2D eigenvalue weighted by atomic mass is 79.9. The van der Waals surface area contributed by atoms with Crippen LogP contribution in [0.1, 0.15) is 16.2 Å². The van der Waals surface area contributed by atoms with Gasteiger partial charge >= 0.3 is 5.91 Å². The monoisotopic (exact) mass is 563 g/mol. The Balaban J connectivity index is 1.52. The number of hydrogen-bond donors (Lipinski definition) is 1. The molecule has 0 fully saturated rings. The van der Waals surface area contributed by atoms with Crippen molar-refractivity contribution in [3.63, 3.8) is 0 Å². The summed E-state index contributed by atoms with van der Waals surface area (Å²) in [6.07, 6.45) is 3.52. The lowest BCUT2D eigenvalue weighted by atomic mass is 10.2. The maximum Gasteiger partial charge on any atom is 0.307 e. The lowest BCUT2D eigenvalue weighted by Crippen LogP contribution is -2.17. The molecule has 0 atom stereocenters. The second-order valence-electron chi connectivity index (χ2n) is 5.90. The molecule has 1 amide bonds. The Morgan fingerprint density at radius 3 is 2.71 bits per heavy atom. The van der Waals surface area contributed by atoms with Crippen molar-refractivity contribution in [2.45, 2.75) is 0 Å². The molecule has 2 aromatic carbocycles. The average Bonchev–Trinajstić information content (AvgIpc) is 3.28. The Kier molecular flexibility index (Phi) is 5.52. The molecule has 0 aliphatic rings. The fourth-order valence-electron chi connectivity index (χ4n) is 2.76. The molecule has 0 aliphatic carbocycles. The molecular weight excluding hydrogens is 554 g/mol. The van der Waals surface area contributed by atoms with Gasteiger partial charge in [-0.1, -0.05) is 37.9 Å². The van der Waals surface area contributed by atoms with Gasteiger partial charge in [-0.05, 0) is 64.5 Å². The van der Waals surface area contributed by atoms with Crippen molar-refractivity contribution in [1.29, 1.82) is 0 Å². The molecule has 1 N–H and O–H groups in total. The smallest absolute Gasteiger partial charge is 0.307 e. The Morgan fingerprint density at radius 2 is 1.89 bits per heavy atom. The van der Waals surface area contributed by atoms with Crippen LogP contribution in [0.25, 0.3) is 16.7 Å². The third-order valence-electron chi connectivity index (χ3n) is 3.99. The highest BCUT2D eigenvalue weighted by molar-refractivity contribution is 9.11. The van der Waals surface area contributed by atoms with Crippen LogP contribution in [0.5, 0.6) is 0 Å². The van der Waals surface area contributed by atoms with Crippen LogP contribution in [0.3, 0.4) is 0 Å². The van der Waals surface area contributed by atoms with Crippen molar-refractivity contribution < 1.29 is 9.21 Å². The first-order chi connectivity index (χ1) is 13.5. The van der Waals surface area contributed by atoms with Crippen LogP contribution in [0, 0.1) is 0 Å². The van der Waals surface area contributed by atoms with E-state index in [2.05, 4.69) is 58.3 Å². The van der Waals surface area contributed by atoms with E-state index in [0.717, 1.165) is 30.2 Å². The molecule has 0 bridgehead atoms. The van der Waals surface area contributed by atoms with Gasteiger partial charge in [-0.25, -0.2) is 5.43 Å². The summed E-state index contributed by atoms with van der Waals surface area (Å²) in [6, 6.07) is 17.2. The van der Waals surface area contributed by atoms with E-state index in [1.165, 1.54) is 0 Å². The molecule has 140 valence electrons. The third-order valence-corrected chi connectivity index (χ3v) is 5.53. The molecule has 0 aliphatic heterocycles. The van der Waals surface area contributed by atoms with Crippen molar-refractivity contribution in [3.05, 3.63) is 85.7 Å². The first-order valence-corrected chi connectivity index (χ1v) is 10.5. The number of hydrazone groups is 1. The maximum atomic E-state index is 12.4. The van der Waals surface area contributed by atoms with Crippen LogP contribution in [0.15, 0.2) is 83.7 Å². The van der Waals surface area contributed by atoms with Gasteiger partial charge in [0.25, 0.3) is 0 Å². The standard InChI is InChI=1S/C20H12Br3N3O2/c21-13-3-1-4-15(9-13)26-6-2-5-16(26)11-24-25-20(27)18-8-12-7-14(22)10-17(23)19(12)28-18/h1-11H,(H,25,27)/b24-11-. The predicted molar refractivity (Wildman–Crippen MR) is 120 cm³/mol. The Hall–Kier alpha value is -2.16. The normalized spacial score (nSPS) is 11.4. The van der Waals surface area contributed by atoms with E-state index < -0.39 is 5.91 Å². The largest absolute Gasteiger partial charge is 0.450 e. The second-order valence-corrected chi connectivity index (χ2v) is 8.58. The molecule has 0 unspecified atom stereocenters. The number of halogens is 3. The SMILES string of the molecule is O=C(N/N=C\c1cccn1-c1cccc(Br)c1)c1cc2cc(Br)cc(Br)c2o1. The number of benzene rings is 2. The molecule has 0 radical (unpaired) electrons. The predicted octanol–water partition coefficient (Wildman–Crippen LogP) is 6.27. The lowest BCUT2D eigenvalue weighted by molar-refractivity contribution is 0.0929. The van der Waals surface area contributed by atoms with Crippen molar-refractivity contribution in [3.8, 4) is 5.69 Å². The fraction of sp³-hybridized carbons (Fsp3) is 0. The van der Waals surface area contributed by atoms with Crippen LogP contribution in [0.2, 0.25) is 0 Å². The first kappa shape index (κ1) is 19.2. The summed E-state index contributed by atoms with van der Waals surface area (Å²) in [5, 5.41) is 4.89. The molecule has 0 spiro atoms. The van der Waals surface area contributed by atoms with Gasteiger partial charge in [0.05, 0.1) is 16.4 Å². The van der Waals surface area contributed by atoms with E-state index in [1.807, 2.05) is 59.3 Å². The van der Waals surface area contributed by atoms with Gasteiger partial charge in [0.15, 0.2) is 5.76 Å². The Labute approximate surface area is 185 Å². The van der Waals surface area contributed by atoms with Crippen LogP contribution < -0.4 is 5.43 Å². The van der Waals surface area contributed by atoms with Gasteiger partial charge < -0.3 is 8.98 Å². The number of nitrogens with zero attached hydrogens (tertiary/aromatic N) is 2. The van der Waals surface area contributed by atoms with E-state index in [0.29, 0.717) is 5.58 Å². The van der Waals surface area contributed by atoms with Gasteiger partial charge in [0.2, 0.25) is 0 Å². The lowest BCUT2D eigenvalue weighted by Gasteiger charge is -2.06. The Bertz CT molecular complexity index is 1210. The molecule has 4 aromatic rings. The number of fused-ring (bicyclic) bond motifs is 1. The van der Waals surface area contributed by atoms with Crippen LogP contribution in [-0.4, -0.2) is 16.7 Å². The summed E-state index contributed by atoms with van der Waals surface area (Å²) < 4.78 is 10.3. The van der Waals surface area contributed by atoms with E-state index in [9.17, 15) is 4.79 Å². The number of rotatable bonds is 4. The number of hydrogen-bond acceptors (Lipinski definition) is 3. The minimum Gasteiger partial charge on any atom is -0.450 e. The molecule has 5 nitrogen and oxygen atoms in total. The summed E-state index contributed by atoms with van der Waals surface area (Å²) in [7, 11) is 0.